The Bertz CT molecular complexity index is 558. The molecule has 82 valence electrons. The number of nitriles is 1. The monoisotopic (exact) mass is 218 g/mol. The van der Waals surface area contributed by atoms with E-state index in [1.54, 1.807) is 0 Å². The Labute approximate surface area is 92.4 Å². The third-order valence-corrected chi connectivity index (χ3v) is 2.41. The Balaban J connectivity index is 2.69. The summed E-state index contributed by atoms with van der Waals surface area (Å²) in [5.74, 6) is -0.602. The van der Waals surface area contributed by atoms with Crippen molar-refractivity contribution in [3.63, 3.8) is 0 Å². The zero-order valence-corrected chi connectivity index (χ0v) is 9.38. The molecule has 0 radical (unpaired) electrons. The van der Waals surface area contributed by atoms with Crippen molar-refractivity contribution in [2.45, 2.75) is 32.2 Å². The lowest BCUT2D eigenvalue weighted by Crippen LogP contribution is -2.47. The van der Waals surface area contributed by atoms with Gasteiger partial charge in [0.25, 0.3) is 0 Å². The average molecular weight is 218 g/mol. The topological polar surface area (TPSA) is 74.9 Å². The summed E-state index contributed by atoms with van der Waals surface area (Å²) in [6.07, 6.45) is 2.87. The minimum Gasteiger partial charge on any atom is -0.283 e. The van der Waals surface area contributed by atoms with Gasteiger partial charge >= 0.3 is 11.3 Å². The number of rotatable bonds is 0. The third kappa shape index (κ3) is 1.41. The van der Waals surface area contributed by atoms with Crippen molar-refractivity contribution in [3.05, 3.63) is 22.4 Å². The molecular formula is C10H12N5O+. The van der Waals surface area contributed by atoms with Gasteiger partial charge in [-0.15, -0.1) is 0 Å². The summed E-state index contributed by atoms with van der Waals surface area (Å²) in [6.45, 7) is 5.72. The van der Waals surface area contributed by atoms with Gasteiger partial charge < -0.3 is 0 Å². The molecule has 1 aromatic heterocycles. The molecule has 0 bridgehead atoms. The summed E-state index contributed by atoms with van der Waals surface area (Å²) in [6, 6.07) is 2.02. The summed E-state index contributed by atoms with van der Waals surface area (Å²) in [4.78, 5) is 13.4. The lowest BCUT2D eigenvalue weighted by molar-refractivity contribution is -0.741. The third-order valence-electron chi connectivity index (χ3n) is 2.41. The second-order valence-corrected chi connectivity index (χ2v) is 4.62. The Kier molecular flexibility index (Phi) is 2.12. The van der Waals surface area contributed by atoms with Crippen molar-refractivity contribution >= 4 is 6.21 Å². The Morgan fingerprint density at radius 3 is 2.81 bits per heavy atom. The van der Waals surface area contributed by atoms with Crippen molar-refractivity contribution in [2.75, 3.05) is 0 Å². The van der Waals surface area contributed by atoms with Gasteiger partial charge in [0.1, 0.15) is 6.21 Å². The van der Waals surface area contributed by atoms with Gasteiger partial charge in [-0.1, -0.05) is 0 Å². The molecule has 2 rings (SSSR count). The van der Waals surface area contributed by atoms with Gasteiger partial charge in [-0.25, -0.2) is 0 Å². The average Bonchev–Trinajstić information content (AvgIpc) is 2.60. The summed E-state index contributed by atoms with van der Waals surface area (Å²) in [5.41, 5.74) is -0.270. The molecule has 0 aromatic carbocycles. The van der Waals surface area contributed by atoms with Crippen LogP contribution in [0, 0.1) is 11.3 Å². The van der Waals surface area contributed by atoms with Crippen LogP contribution in [0.5, 0.6) is 0 Å². The quantitative estimate of drug-likeness (QED) is 0.563. The first kappa shape index (κ1) is 10.5. The van der Waals surface area contributed by atoms with Crippen molar-refractivity contribution in [1.82, 2.24) is 9.67 Å². The second kappa shape index (κ2) is 3.23. The van der Waals surface area contributed by atoms with Gasteiger partial charge in [0.05, 0.1) is 10.9 Å². The summed E-state index contributed by atoms with van der Waals surface area (Å²) >= 11 is 0. The highest BCUT2D eigenvalue weighted by atomic mass is 16.1. The van der Waals surface area contributed by atoms with Crippen molar-refractivity contribution in [1.29, 1.82) is 5.26 Å². The first-order chi connectivity index (χ1) is 7.45. The lowest BCUT2D eigenvalue weighted by atomic mass is 10.1. The largest absolute Gasteiger partial charge is 0.332 e. The Hall–Kier alpha value is -2.03. The fraction of sp³-hybridized carbons (Fsp3) is 0.500. The molecule has 0 fully saturated rings. The molecule has 6 heteroatoms. The molecule has 1 aromatic rings. The molecule has 0 amide bonds. The zero-order valence-electron chi connectivity index (χ0n) is 9.38. The molecule has 0 aliphatic carbocycles. The van der Waals surface area contributed by atoms with Crippen LogP contribution in [0.25, 0.3) is 0 Å². The maximum Gasteiger partial charge on any atom is 0.332 e. The maximum atomic E-state index is 12.1. The molecule has 0 N–H and O–H groups in total. The van der Waals surface area contributed by atoms with Crippen molar-refractivity contribution in [3.8, 4) is 6.07 Å². The van der Waals surface area contributed by atoms with E-state index in [9.17, 15) is 4.79 Å². The van der Waals surface area contributed by atoms with E-state index < -0.39 is 5.92 Å². The van der Waals surface area contributed by atoms with Gasteiger partial charge in [-0.2, -0.15) is 5.26 Å². The number of hydrogen-bond donors (Lipinski definition) is 0. The molecule has 1 unspecified atom stereocenters. The van der Waals surface area contributed by atoms with Crippen LogP contribution in [0.15, 0.2) is 16.2 Å². The first-order valence-corrected chi connectivity index (χ1v) is 4.93. The molecule has 16 heavy (non-hydrogen) atoms. The predicted octanol–water partition coefficient (Wildman–Crippen LogP) is -0.260. The molecular weight excluding hydrogens is 206 g/mol. The molecule has 0 saturated heterocycles. The predicted molar refractivity (Wildman–Crippen MR) is 55.9 cm³/mol. The number of hydrogen-bond acceptors (Lipinski definition) is 4. The molecule has 6 nitrogen and oxygen atoms in total. The van der Waals surface area contributed by atoms with Gasteiger partial charge in [-0.05, 0) is 20.8 Å². The van der Waals surface area contributed by atoms with Gasteiger partial charge in [0.15, 0.2) is 12.2 Å². The molecule has 2 heterocycles. The molecule has 1 aliphatic rings. The van der Waals surface area contributed by atoms with Crippen LogP contribution in [-0.4, -0.2) is 15.9 Å². The van der Waals surface area contributed by atoms with E-state index in [2.05, 4.69) is 10.2 Å². The Morgan fingerprint density at radius 1 is 1.56 bits per heavy atom. The van der Waals surface area contributed by atoms with Crippen LogP contribution in [0.2, 0.25) is 0 Å². The highest BCUT2D eigenvalue weighted by molar-refractivity contribution is 5.70. The summed E-state index contributed by atoms with van der Waals surface area (Å²) in [7, 11) is 0. The van der Waals surface area contributed by atoms with Gasteiger partial charge in [-0.3, -0.25) is 9.36 Å². The smallest absolute Gasteiger partial charge is 0.283 e. The van der Waals surface area contributed by atoms with Crippen LogP contribution in [0.1, 0.15) is 32.4 Å². The number of nitrogens with zero attached hydrogens (tertiary/aromatic N) is 5. The van der Waals surface area contributed by atoms with E-state index >= 15 is 0 Å². The fourth-order valence-electron chi connectivity index (χ4n) is 1.55. The van der Waals surface area contributed by atoms with E-state index in [4.69, 9.17) is 5.26 Å². The van der Waals surface area contributed by atoms with E-state index in [0.29, 0.717) is 5.69 Å². The first-order valence-electron chi connectivity index (χ1n) is 4.93. The lowest BCUT2D eigenvalue weighted by Gasteiger charge is -2.20. The normalized spacial score (nSPS) is 18.2. The van der Waals surface area contributed by atoms with Crippen molar-refractivity contribution < 1.29 is 4.79 Å². The Morgan fingerprint density at radius 2 is 2.25 bits per heavy atom. The van der Waals surface area contributed by atoms with Crippen LogP contribution < -0.4 is 10.4 Å². The van der Waals surface area contributed by atoms with E-state index in [0.717, 1.165) is 0 Å². The van der Waals surface area contributed by atoms with Crippen LogP contribution >= 0.6 is 0 Å². The molecule has 0 saturated carbocycles. The number of fused-ring (bicyclic) bond motifs is 1. The summed E-state index contributed by atoms with van der Waals surface area (Å²) in [5, 5.41) is 16.8. The van der Waals surface area contributed by atoms with Crippen LogP contribution in [-0.2, 0) is 5.54 Å². The number of aromatic nitrogens is 3. The van der Waals surface area contributed by atoms with E-state index in [1.165, 1.54) is 21.9 Å². The standard InChI is InChI=1S/C10H12N5O/c1-10(2,3)14-6-13-15-8(9(14)16)7(4-11)5-12-15/h5-7H,1-3H3/q+1. The molecule has 1 aliphatic heterocycles. The molecule has 1 atom stereocenters. The van der Waals surface area contributed by atoms with Crippen molar-refractivity contribution in [2.24, 2.45) is 5.10 Å². The summed E-state index contributed by atoms with van der Waals surface area (Å²) < 4.78 is 1.51. The van der Waals surface area contributed by atoms with Gasteiger partial charge in [0.2, 0.25) is 0 Å². The fourth-order valence-corrected chi connectivity index (χ4v) is 1.55. The van der Waals surface area contributed by atoms with Gasteiger partial charge in [0, 0.05) is 15.7 Å². The second-order valence-electron chi connectivity index (χ2n) is 4.62. The maximum absolute atomic E-state index is 12.1. The van der Waals surface area contributed by atoms with Crippen LogP contribution in [0.4, 0.5) is 0 Å². The highest BCUT2D eigenvalue weighted by Gasteiger charge is 2.36. The van der Waals surface area contributed by atoms with E-state index in [-0.39, 0.29) is 11.1 Å². The minimum atomic E-state index is -0.602. The minimum absolute atomic E-state index is 0.216. The SMILES string of the molecule is CC(C)(C)n1cn[n+]2c(c1=O)C(C#N)C=N2. The molecule has 0 spiro atoms. The highest BCUT2D eigenvalue weighted by Crippen LogP contribution is 2.12. The zero-order chi connectivity index (χ0) is 11.9. The van der Waals surface area contributed by atoms with E-state index in [1.807, 2.05) is 26.8 Å². The van der Waals surface area contributed by atoms with Crippen LogP contribution in [0.3, 0.4) is 0 Å².